The fourth-order valence-corrected chi connectivity index (χ4v) is 2.31. The van der Waals surface area contributed by atoms with Crippen molar-refractivity contribution in [2.75, 3.05) is 0 Å². The third kappa shape index (κ3) is 2.28. The minimum absolute atomic E-state index is 1.06. The molecule has 1 saturated carbocycles. The van der Waals surface area contributed by atoms with Crippen molar-refractivity contribution >= 4 is 6.08 Å². The Balaban J connectivity index is 1.91. The molecule has 1 fully saturated rings. The second kappa shape index (κ2) is 4.53. The smallest absolute Gasteiger partial charge is 0.0697 e. The predicted molar refractivity (Wildman–Crippen MR) is 67.8 cm³/mol. The van der Waals surface area contributed by atoms with Crippen LogP contribution in [0.25, 0.3) is 11.8 Å². The first-order valence-electron chi connectivity index (χ1n) is 6.08. The summed E-state index contributed by atoms with van der Waals surface area (Å²) in [4.78, 5) is 0. The summed E-state index contributed by atoms with van der Waals surface area (Å²) in [5.74, 6) is 0. The molecular weight excluding hydrogens is 210 g/mol. The molecule has 3 rings (SSSR count). The molecule has 1 heterocycles. The van der Waals surface area contributed by atoms with Gasteiger partial charge in [-0.25, -0.2) is 4.68 Å². The van der Waals surface area contributed by atoms with Gasteiger partial charge in [-0.2, -0.15) is 0 Å². The van der Waals surface area contributed by atoms with Crippen molar-refractivity contribution in [1.29, 1.82) is 0 Å². The molecule has 0 saturated heterocycles. The number of allylic oxidation sites excluding steroid dienone is 1. The number of hydrogen-bond acceptors (Lipinski definition) is 2. The van der Waals surface area contributed by atoms with Crippen molar-refractivity contribution in [3.8, 4) is 5.69 Å². The molecule has 0 bridgehead atoms. The molecule has 0 unspecified atom stereocenters. The predicted octanol–water partition coefficient (Wildman–Crippen LogP) is 3.22. The zero-order chi connectivity index (χ0) is 11.5. The standard InChI is InChI=1S/C14H15N3/c1-2-5-12(4-1)10-13-6-3-7-14(11-13)17-9-8-15-16-17/h3,6-11H,1-2,4-5H2. The van der Waals surface area contributed by atoms with Gasteiger partial charge >= 0.3 is 0 Å². The minimum atomic E-state index is 1.06. The highest BCUT2D eigenvalue weighted by molar-refractivity contribution is 5.56. The van der Waals surface area contributed by atoms with Crippen molar-refractivity contribution in [3.63, 3.8) is 0 Å². The van der Waals surface area contributed by atoms with Gasteiger partial charge in [-0.3, -0.25) is 0 Å². The molecule has 17 heavy (non-hydrogen) atoms. The summed E-state index contributed by atoms with van der Waals surface area (Å²) in [6.45, 7) is 0. The summed E-state index contributed by atoms with van der Waals surface area (Å²) in [6, 6.07) is 8.41. The topological polar surface area (TPSA) is 30.7 Å². The fraction of sp³-hybridized carbons (Fsp3) is 0.286. The third-order valence-electron chi connectivity index (χ3n) is 3.17. The molecule has 1 aromatic heterocycles. The molecule has 3 nitrogen and oxygen atoms in total. The summed E-state index contributed by atoms with van der Waals surface area (Å²) >= 11 is 0. The molecule has 1 aliphatic carbocycles. The molecule has 1 aliphatic rings. The van der Waals surface area contributed by atoms with Crippen molar-refractivity contribution in [2.24, 2.45) is 0 Å². The van der Waals surface area contributed by atoms with Crippen LogP contribution in [0.15, 0.2) is 42.2 Å². The lowest BCUT2D eigenvalue weighted by Crippen LogP contribution is -1.94. The highest BCUT2D eigenvalue weighted by atomic mass is 15.4. The Morgan fingerprint density at radius 3 is 2.82 bits per heavy atom. The second-order valence-corrected chi connectivity index (χ2v) is 4.45. The molecule has 0 aliphatic heterocycles. The van der Waals surface area contributed by atoms with Crippen LogP contribution in [0, 0.1) is 0 Å². The van der Waals surface area contributed by atoms with E-state index in [4.69, 9.17) is 0 Å². The number of rotatable bonds is 2. The first kappa shape index (κ1) is 10.3. The monoisotopic (exact) mass is 225 g/mol. The van der Waals surface area contributed by atoms with Gasteiger partial charge in [0, 0.05) is 0 Å². The normalized spacial score (nSPS) is 15.2. The Bertz CT molecular complexity index is 518. The maximum atomic E-state index is 4.01. The van der Waals surface area contributed by atoms with Crippen LogP contribution in [0.3, 0.4) is 0 Å². The largest absolute Gasteiger partial charge is 0.221 e. The molecule has 0 atom stereocenters. The van der Waals surface area contributed by atoms with Crippen LogP contribution >= 0.6 is 0 Å². The number of nitrogens with zero attached hydrogens (tertiary/aromatic N) is 3. The van der Waals surface area contributed by atoms with E-state index in [2.05, 4.69) is 34.6 Å². The summed E-state index contributed by atoms with van der Waals surface area (Å²) in [6.07, 6.45) is 11.1. The van der Waals surface area contributed by atoms with Crippen molar-refractivity contribution < 1.29 is 0 Å². The van der Waals surface area contributed by atoms with Crippen LogP contribution in [0.5, 0.6) is 0 Å². The van der Waals surface area contributed by atoms with Crippen LogP contribution in [0.4, 0.5) is 0 Å². The highest BCUT2D eigenvalue weighted by Gasteiger charge is 2.06. The zero-order valence-corrected chi connectivity index (χ0v) is 9.71. The van der Waals surface area contributed by atoms with E-state index in [1.807, 2.05) is 12.3 Å². The van der Waals surface area contributed by atoms with E-state index in [9.17, 15) is 0 Å². The maximum absolute atomic E-state index is 4.01. The molecule has 0 spiro atoms. The van der Waals surface area contributed by atoms with Gasteiger partial charge in [0.15, 0.2) is 0 Å². The lowest BCUT2D eigenvalue weighted by molar-refractivity contribution is 0.803. The molecule has 2 aromatic rings. The van der Waals surface area contributed by atoms with Crippen LogP contribution < -0.4 is 0 Å². The van der Waals surface area contributed by atoms with E-state index in [1.165, 1.54) is 31.2 Å². The first-order chi connectivity index (χ1) is 8.42. The van der Waals surface area contributed by atoms with Gasteiger partial charge in [-0.1, -0.05) is 29.0 Å². The number of benzene rings is 1. The van der Waals surface area contributed by atoms with Gasteiger partial charge in [-0.05, 0) is 43.4 Å². The highest BCUT2D eigenvalue weighted by Crippen LogP contribution is 2.26. The van der Waals surface area contributed by atoms with Crippen LogP contribution in [0.1, 0.15) is 31.2 Å². The number of aromatic nitrogens is 3. The Labute approximate surface area is 101 Å². The quantitative estimate of drug-likeness (QED) is 0.785. The SMILES string of the molecule is C(=C1CCCC1)c1cccc(-n2ccnn2)c1. The van der Waals surface area contributed by atoms with Crippen LogP contribution in [0.2, 0.25) is 0 Å². The number of hydrogen-bond donors (Lipinski definition) is 0. The van der Waals surface area contributed by atoms with Gasteiger partial charge in [0.2, 0.25) is 0 Å². The van der Waals surface area contributed by atoms with Gasteiger partial charge in [0.1, 0.15) is 0 Å². The molecule has 86 valence electrons. The summed E-state index contributed by atoms with van der Waals surface area (Å²) in [5.41, 5.74) is 3.89. The molecule has 0 amide bonds. The van der Waals surface area contributed by atoms with Gasteiger partial charge in [0.25, 0.3) is 0 Å². The van der Waals surface area contributed by atoms with Crippen LogP contribution in [-0.4, -0.2) is 15.0 Å². The van der Waals surface area contributed by atoms with Gasteiger partial charge in [0.05, 0.1) is 18.1 Å². The lowest BCUT2D eigenvalue weighted by Gasteiger charge is -2.02. The fourth-order valence-electron chi connectivity index (χ4n) is 2.31. The lowest BCUT2D eigenvalue weighted by atomic mass is 10.1. The van der Waals surface area contributed by atoms with Crippen molar-refractivity contribution in [2.45, 2.75) is 25.7 Å². The third-order valence-corrected chi connectivity index (χ3v) is 3.17. The van der Waals surface area contributed by atoms with Crippen molar-refractivity contribution in [3.05, 3.63) is 47.8 Å². The zero-order valence-electron chi connectivity index (χ0n) is 9.71. The summed E-state index contributed by atoms with van der Waals surface area (Å²) in [7, 11) is 0. The maximum Gasteiger partial charge on any atom is 0.0697 e. The van der Waals surface area contributed by atoms with Gasteiger partial charge < -0.3 is 0 Å². The Morgan fingerprint density at radius 2 is 2.06 bits per heavy atom. The average Bonchev–Trinajstić information content (AvgIpc) is 3.01. The Hall–Kier alpha value is -1.90. The summed E-state index contributed by atoms with van der Waals surface area (Å²) in [5, 5.41) is 7.83. The first-order valence-corrected chi connectivity index (χ1v) is 6.08. The van der Waals surface area contributed by atoms with E-state index in [1.54, 1.807) is 16.5 Å². The second-order valence-electron chi connectivity index (χ2n) is 4.45. The van der Waals surface area contributed by atoms with E-state index in [0.29, 0.717) is 0 Å². The summed E-state index contributed by atoms with van der Waals surface area (Å²) < 4.78 is 1.79. The molecule has 0 N–H and O–H groups in total. The van der Waals surface area contributed by atoms with Gasteiger partial charge in [-0.15, -0.1) is 5.10 Å². The molecular formula is C14H15N3. The van der Waals surface area contributed by atoms with Crippen LogP contribution in [-0.2, 0) is 0 Å². The van der Waals surface area contributed by atoms with E-state index in [-0.39, 0.29) is 0 Å². The molecule has 1 aromatic carbocycles. The average molecular weight is 225 g/mol. The molecule has 3 heteroatoms. The Morgan fingerprint density at radius 1 is 1.18 bits per heavy atom. The molecule has 0 radical (unpaired) electrons. The van der Waals surface area contributed by atoms with E-state index < -0.39 is 0 Å². The van der Waals surface area contributed by atoms with E-state index in [0.717, 1.165) is 5.69 Å². The Kier molecular flexibility index (Phi) is 2.74. The van der Waals surface area contributed by atoms with E-state index >= 15 is 0 Å². The minimum Gasteiger partial charge on any atom is -0.221 e. The van der Waals surface area contributed by atoms with Crippen molar-refractivity contribution in [1.82, 2.24) is 15.0 Å².